The summed E-state index contributed by atoms with van der Waals surface area (Å²) in [6.07, 6.45) is -0.392. The lowest BCUT2D eigenvalue weighted by molar-refractivity contribution is 0.251. The summed E-state index contributed by atoms with van der Waals surface area (Å²) < 4.78 is 18.5. The zero-order chi connectivity index (χ0) is 17.6. The number of hydrogen-bond donors (Lipinski definition) is 3. The molecule has 5 nitrogen and oxygen atoms in total. The molecule has 3 N–H and O–H groups in total. The minimum absolute atomic E-state index is 0. The van der Waals surface area contributed by atoms with Crippen molar-refractivity contribution in [3.05, 3.63) is 48.5 Å². The molecule has 0 aromatic heterocycles. The lowest BCUT2D eigenvalue weighted by Crippen LogP contribution is -2.39. The Labute approximate surface area is 158 Å². The highest BCUT2D eigenvalue weighted by atomic mass is 35.5. The fourth-order valence-corrected chi connectivity index (χ4v) is 2.96. The van der Waals surface area contributed by atoms with Gasteiger partial charge in [-0.3, -0.25) is 0 Å². The number of para-hydroxylation sites is 1. The molecule has 1 aliphatic heterocycles. The fraction of sp³-hybridized carbons (Fsp3) is 0.316. The second kappa shape index (κ2) is 9.40. The smallest absolute Gasteiger partial charge is 0.319 e. The van der Waals surface area contributed by atoms with Gasteiger partial charge in [0.25, 0.3) is 0 Å². The first-order chi connectivity index (χ1) is 12.2. The van der Waals surface area contributed by atoms with Gasteiger partial charge in [0.15, 0.2) is 0 Å². The van der Waals surface area contributed by atoms with Crippen molar-refractivity contribution in [2.24, 2.45) is 0 Å². The Bertz CT molecular complexity index is 744. The van der Waals surface area contributed by atoms with Crippen LogP contribution in [-0.4, -0.2) is 38.4 Å². The molecule has 26 heavy (non-hydrogen) atoms. The number of nitrogens with one attached hydrogen (secondary N) is 3. The predicted octanol–water partition coefficient (Wildman–Crippen LogP) is 3.61. The number of ether oxygens (including phenoxy) is 1. The van der Waals surface area contributed by atoms with E-state index in [1.54, 1.807) is 7.11 Å². The molecule has 3 rings (SSSR count). The van der Waals surface area contributed by atoms with Gasteiger partial charge in [0.2, 0.25) is 0 Å². The van der Waals surface area contributed by atoms with Crippen LogP contribution in [-0.2, 0) is 0 Å². The third-order valence-electron chi connectivity index (χ3n) is 4.22. The molecule has 1 heterocycles. The maximum absolute atomic E-state index is 13.1. The lowest BCUT2D eigenvalue weighted by atomic mass is 10.0. The number of carbonyl (C=O) groups excluding carboxylic acids is 1. The van der Waals surface area contributed by atoms with Crippen LogP contribution < -0.4 is 20.7 Å². The van der Waals surface area contributed by atoms with Gasteiger partial charge in [-0.05, 0) is 30.2 Å². The quantitative estimate of drug-likeness (QED) is 0.743. The van der Waals surface area contributed by atoms with Crippen LogP contribution in [0.15, 0.2) is 48.5 Å². The summed E-state index contributed by atoms with van der Waals surface area (Å²) >= 11 is 0. The highest BCUT2D eigenvalue weighted by Crippen LogP contribution is 2.30. The van der Waals surface area contributed by atoms with Crippen molar-refractivity contribution < 1.29 is 13.9 Å². The molecular weight excluding hydrogens is 357 g/mol. The normalized spacial score (nSPS) is 18.7. The molecule has 0 bridgehead atoms. The fourth-order valence-electron chi connectivity index (χ4n) is 2.96. The van der Waals surface area contributed by atoms with E-state index >= 15 is 0 Å². The first kappa shape index (κ1) is 20.0. The number of alkyl halides is 1. The standard InChI is InChI=1S/C19H22FN3O2.ClH/c1-25-18-8-3-2-7-17(18)13-5-4-6-15(9-13)23-19(24)22-12-16-10-14(20)11-21-16;/h2-9,14,16,21H,10-12H2,1H3,(H2,22,23,24);1H/t14-,16-;/m0./s1. The van der Waals surface area contributed by atoms with Crippen molar-refractivity contribution in [2.75, 3.05) is 25.5 Å². The molecule has 0 unspecified atom stereocenters. The zero-order valence-electron chi connectivity index (χ0n) is 14.5. The first-order valence-corrected chi connectivity index (χ1v) is 8.31. The summed E-state index contributed by atoms with van der Waals surface area (Å²) in [6, 6.07) is 15.0. The third-order valence-corrected chi connectivity index (χ3v) is 4.22. The van der Waals surface area contributed by atoms with Gasteiger partial charge in [0.1, 0.15) is 11.9 Å². The van der Waals surface area contributed by atoms with E-state index in [-0.39, 0.29) is 24.5 Å². The van der Waals surface area contributed by atoms with E-state index in [1.165, 1.54) is 0 Å². The molecule has 0 radical (unpaired) electrons. The molecule has 1 saturated heterocycles. The Morgan fingerprint density at radius 2 is 2.08 bits per heavy atom. The molecule has 0 spiro atoms. The average molecular weight is 380 g/mol. The molecule has 1 fully saturated rings. The molecule has 1 aliphatic rings. The summed E-state index contributed by atoms with van der Waals surface area (Å²) in [4.78, 5) is 12.1. The Balaban J connectivity index is 0.00000243. The number of hydrogen-bond acceptors (Lipinski definition) is 3. The Morgan fingerprint density at radius 3 is 2.81 bits per heavy atom. The van der Waals surface area contributed by atoms with E-state index in [9.17, 15) is 9.18 Å². The topological polar surface area (TPSA) is 62.4 Å². The first-order valence-electron chi connectivity index (χ1n) is 8.31. The summed E-state index contributed by atoms with van der Waals surface area (Å²) in [5, 5.41) is 8.62. The molecule has 0 saturated carbocycles. The van der Waals surface area contributed by atoms with Gasteiger partial charge in [0.05, 0.1) is 7.11 Å². The Kier molecular flexibility index (Phi) is 7.24. The van der Waals surface area contributed by atoms with Crippen LogP contribution in [0.3, 0.4) is 0 Å². The maximum Gasteiger partial charge on any atom is 0.319 e. The minimum atomic E-state index is -0.826. The largest absolute Gasteiger partial charge is 0.496 e. The predicted molar refractivity (Wildman–Crippen MR) is 104 cm³/mol. The van der Waals surface area contributed by atoms with E-state index in [0.717, 1.165) is 16.9 Å². The minimum Gasteiger partial charge on any atom is -0.496 e. The summed E-state index contributed by atoms with van der Waals surface area (Å²) in [5.41, 5.74) is 2.59. The van der Waals surface area contributed by atoms with Gasteiger partial charge >= 0.3 is 6.03 Å². The molecule has 0 aliphatic carbocycles. The van der Waals surface area contributed by atoms with Gasteiger partial charge in [-0.25, -0.2) is 9.18 Å². The Hall–Kier alpha value is -2.31. The molecular formula is C19H23ClFN3O2. The van der Waals surface area contributed by atoms with E-state index in [4.69, 9.17) is 4.74 Å². The number of anilines is 1. The van der Waals surface area contributed by atoms with Gasteiger partial charge in [0, 0.05) is 30.4 Å². The number of amides is 2. The van der Waals surface area contributed by atoms with Crippen molar-refractivity contribution in [3.63, 3.8) is 0 Å². The maximum atomic E-state index is 13.1. The zero-order valence-corrected chi connectivity index (χ0v) is 15.3. The third kappa shape index (κ3) is 5.09. The van der Waals surface area contributed by atoms with Gasteiger partial charge in [-0.2, -0.15) is 0 Å². The van der Waals surface area contributed by atoms with E-state index in [2.05, 4.69) is 16.0 Å². The number of halogens is 2. The second-order valence-corrected chi connectivity index (χ2v) is 6.05. The van der Waals surface area contributed by atoms with E-state index in [0.29, 0.717) is 25.2 Å². The van der Waals surface area contributed by atoms with Gasteiger partial charge in [-0.1, -0.05) is 30.3 Å². The highest BCUT2D eigenvalue weighted by Gasteiger charge is 2.23. The van der Waals surface area contributed by atoms with Crippen molar-refractivity contribution >= 4 is 24.1 Å². The second-order valence-electron chi connectivity index (χ2n) is 6.05. The van der Waals surface area contributed by atoms with Gasteiger partial charge in [-0.15, -0.1) is 12.4 Å². The monoisotopic (exact) mass is 379 g/mol. The van der Waals surface area contributed by atoms with Crippen molar-refractivity contribution in [2.45, 2.75) is 18.6 Å². The van der Waals surface area contributed by atoms with Crippen LogP contribution in [0.1, 0.15) is 6.42 Å². The van der Waals surface area contributed by atoms with Crippen LogP contribution >= 0.6 is 12.4 Å². The molecule has 2 aromatic rings. The van der Waals surface area contributed by atoms with Crippen molar-refractivity contribution in [1.29, 1.82) is 0 Å². The van der Waals surface area contributed by atoms with Crippen LogP contribution in [0.2, 0.25) is 0 Å². The van der Waals surface area contributed by atoms with Crippen LogP contribution in [0.5, 0.6) is 5.75 Å². The summed E-state index contributed by atoms with van der Waals surface area (Å²) in [6.45, 7) is 0.757. The molecule has 7 heteroatoms. The van der Waals surface area contributed by atoms with Crippen LogP contribution in [0.4, 0.5) is 14.9 Å². The van der Waals surface area contributed by atoms with Crippen LogP contribution in [0, 0.1) is 0 Å². The number of benzene rings is 2. The summed E-state index contributed by atoms with van der Waals surface area (Å²) in [5.74, 6) is 0.775. The molecule has 2 aromatic carbocycles. The molecule has 2 amide bonds. The number of rotatable bonds is 5. The van der Waals surface area contributed by atoms with E-state index < -0.39 is 6.17 Å². The molecule has 140 valence electrons. The van der Waals surface area contributed by atoms with Crippen molar-refractivity contribution in [3.8, 4) is 16.9 Å². The lowest BCUT2D eigenvalue weighted by Gasteiger charge is -2.13. The number of carbonyl (C=O) groups is 1. The van der Waals surface area contributed by atoms with E-state index in [1.807, 2.05) is 48.5 Å². The van der Waals surface area contributed by atoms with Gasteiger partial charge < -0.3 is 20.7 Å². The average Bonchev–Trinajstić information content (AvgIpc) is 3.05. The Morgan fingerprint density at radius 1 is 1.27 bits per heavy atom. The highest BCUT2D eigenvalue weighted by molar-refractivity contribution is 5.90. The number of urea groups is 1. The molecule has 2 atom stereocenters. The SMILES string of the molecule is COc1ccccc1-c1cccc(NC(=O)NC[C@@H]2C[C@H](F)CN2)c1.Cl. The van der Waals surface area contributed by atoms with Crippen molar-refractivity contribution in [1.82, 2.24) is 10.6 Å². The van der Waals surface area contributed by atoms with Crippen LogP contribution in [0.25, 0.3) is 11.1 Å². The number of methoxy groups -OCH3 is 1. The summed E-state index contributed by atoms with van der Waals surface area (Å²) in [7, 11) is 1.63.